The van der Waals surface area contributed by atoms with Crippen molar-refractivity contribution in [1.29, 1.82) is 0 Å². The third-order valence-electron chi connectivity index (χ3n) is 3.26. The molecule has 104 valence electrons. The zero-order valence-corrected chi connectivity index (χ0v) is 11.6. The fourth-order valence-corrected chi connectivity index (χ4v) is 2.18. The van der Waals surface area contributed by atoms with E-state index in [2.05, 4.69) is 5.32 Å². The summed E-state index contributed by atoms with van der Waals surface area (Å²) in [5, 5.41) is 3.09. The van der Waals surface area contributed by atoms with Gasteiger partial charge in [0.15, 0.2) is 17.6 Å². The van der Waals surface area contributed by atoms with Crippen molar-refractivity contribution in [3.8, 4) is 11.5 Å². The average molecular weight is 264 g/mol. The Hall–Kier alpha value is -1.75. The number of amides is 1. The largest absolute Gasteiger partial charge is 0.493 e. The molecule has 0 spiro atoms. The van der Waals surface area contributed by atoms with Gasteiger partial charge in [-0.15, -0.1) is 0 Å². The summed E-state index contributed by atoms with van der Waals surface area (Å²) < 4.78 is 11.1. The maximum Gasteiger partial charge on any atom is 0.263 e. The summed E-state index contributed by atoms with van der Waals surface area (Å²) in [4.78, 5) is 13.6. The molecule has 1 aromatic rings. The first-order valence-electron chi connectivity index (χ1n) is 6.39. The summed E-state index contributed by atoms with van der Waals surface area (Å²) in [6, 6.07) is 5.76. The second-order valence-electron chi connectivity index (χ2n) is 4.67. The van der Waals surface area contributed by atoms with Crippen LogP contribution in [0.2, 0.25) is 0 Å². The molecule has 5 heteroatoms. The number of rotatable bonds is 5. The van der Waals surface area contributed by atoms with Crippen molar-refractivity contribution in [3.63, 3.8) is 0 Å². The van der Waals surface area contributed by atoms with E-state index in [4.69, 9.17) is 9.47 Å². The van der Waals surface area contributed by atoms with Crippen LogP contribution in [0, 0.1) is 0 Å². The van der Waals surface area contributed by atoms with E-state index in [1.165, 1.54) is 0 Å². The maximum absolute atomic E-state index is 11.9. The number of nitrogens with zero attached hydrogens (tertiary/aromatic N) is 1. The summed E-state index contributed by atoms with van der Waals surface area (Å²) in [6.07, 6.45) is 0.318. The minimum Gasteiger partial charge on any atom is -0.493 e. The van der Waals surface area contributed by atoms with Gasteiger partial charge in [0.25, 0.3) is 5.91 Å². The van der Waals surface area contributed by atoms with E-state index in [-0.39, 0.29) is 5.91 Å². The highest BCUT2D eigenvalue weighted by Gasteiger charge is 2.31. The van der Waals surface area contributed by atoms with Crippen molar-refractivity contribution >= 4 is 5.91 Å². The molecule has 1 fully saturated rings. The van der Waals surface area contributed by atoms with Gasteiger partial charge in [-0.3, -0.25) is 4.79 Å². The Balaban J connectivity index is 2.17. The van der Waals surface area contributed by atoms with Crippen LogP contribution < -0.4 is 14.8 Å². The lowest BCUT2D eigenvalue weighted by molar-refractivity contribution is -0.132. The molecule has 1 heterocycles. The van der Waals surface area contributed by atoms with Crippen molar-refractivity contribution in [2.45, 2.75) is 19.1 Å². The van der Waals surface area contributed by atoms with E-state index in [0.717, 1.165) is 25.1 Å². The van der Waals surface area contributed by atoms with Gasteiger partial charge in [-0.25, -0.2) is 0 Å². The molecule has 0 radical (unpaired) electrons. The molecule has 5 nitrogen and oxygen atoms in total. The quantitative estimate of drug-likeness (QED) is 0.863. The number of likely N-dealkylation sites (tertiary alicyclic amines) is 1. The molecule has 2 rings (SSSR count). The molecule has 1 aromatic carbocycles. The maximum atomic E-state index is 11.9. The number of hydrogen-bond donors (Lipinski definition) is 1. The molecular formula is C14H20N2O3. The second kappa shape index (κ2) is 5.93. The zero-order valence-electron chi connectivity index (χ0n) is 11.6. The van der Waals surface area contributed by atoms with Crippen LogP contribution in [-0.4, -0.2) is 44.7 Å². The minimum absolute atomic E-state index is 0.0288. The number of hydrogen-bond acceptors (Lipinski definition) is 4. The molecule has 1 aliphatic rings. The van der Waals surface area contributed by atoms with Crippen LogP contribution in [0.15, 0.2) is 18.2 Å². The Kier molecular flexibility index (Phi) is 4.27. The fraction of sp³-hybridized carbons (Fsp3) is 0.500. The predicted octanol–water partition coefficient (Wildman–Crippen LogP) is 1.02. The van der Waals surface area contributed by atoms with Gasteiger partial charge in [0.2, 0.25) is 0 Å². The second-order valence-corrected chi connectivity index (χ2v) is 4.67. The van der Waals surface area contributed by atoms with Gasteiger partial charge >= 0.3 is 0 Å². The Morgan fingerprint density at radius 3 is 2.79 bits per heavy atom. The van der Waals surface area contributed by atoms with Crippen LogP contribution in [-0.2, 0) is 11.3 Å². The number of ether oxygens (including phenoxy) is 2. The third kappa shape index (κ3) is 2.98. The van der Waals surface area contributed by atoms with Crippen LogP contribution >= 0.6 is 0 Å². The molecule has 1 unspecified atom stereocenters. The van der Waals surface area contributed by atoms with Crippen molar-refractivity contribution in [3.05, 3.63) is 23.8 Å². The average Bonchev–Trinajstić information content (AvgIpc) is 2.72. The van der Waals surface area contributed by atoms with E-state index in [1.807, 2.05) is 25.2 Å². The first kappa shape index (κ1) is 13.7. The molecule has 1 aliphatic heterocycles. The molecule has 0 bridgehead atoms. The SMILES string of the molecule is CNCc1ccc(OC)c(OC2CCN(C)C2=O)c1. The molecule has 1 saturated heterocycles. The van der Waals surface area contributed by atoms with Gasteiger partial charge in [-0.1, -0.05) is 6.07 Å². The number of methoxy groups -OCH3 is 1. The summed E-state index contributed by atoms with van der Waals surface area (Å²) >= 11 is 0. The molecular weight excluding hydrogens is 244 g/mol. The van der Waals surface area contributed by atoms with Gasteiger partial charge < -0.3 is 19.7 Å². The predicted molar refractivity (Wildman–Crippen MR) is 72.4 cm³/mol. The van der Waals surface area contributed by atoms with Crippen molar-refractivity contribution in [2.75, 3.05) is 27.7 Å². The van der Waals surface area contributed by atoms with E-state index in [9.17, 15) is 4.79 Å². The van der Waals surface area contributed by atoms with E-state index >= 15 is 0 Å². The Morgan fingerprint density at radius 2 is 2.21 bits per heavy atom. The highest BCUT2D eigenvalue weighted by molar-refractivity contribution is 5.83. The van der Waals surface area contributed by atoms with E-state index in [0.29, 0.717) is 11.5 Å². The molecule has 0 aromatic heterocycles. The van der Waals surface area contributed by atoms with Crippen LogP contribution in [0.3, 0.4) is 0 Å². The lowest BCUT2D eigenvalue weighted by Gasteiger charge is -2.16. The normalized spacial score (nSPS) is 18.8. The highest BCUT2D eigenvalue weighted by atomic mass is 16.5. The monoisotopic (exact) mass is 264 g/mol. The van der Waals surface area contributed by atoms with Crippen LogP contribution in [0.1, 0.15) is 12.0 Å². The first-order valence-corrected chi connectivity index (χ1v) is 6.39. The molecule has 0 saturated carbocycles. The standard InChI is InChI=1S/C14H20N2O3/c1-15-9-10-4-5-11(18-3)13(8-10)19-12-6-7-16(2)14(12)17/h4-5,8,12,15H,6-7,9H2,1-3H3. The smallest absolute Gasteiger partial charge is 0.263 e. The number of carbonyl (C=O) groups excluding carboxylic acids is 1. The Labute approximate surface area is 113 Å². The summed E-state index contributed by atoms with van der Waals surface area (Å²) in [7, 11) is 5.28. The van der Waals surface area contributed by atoms with Crippen LogP contribution in [0.25, 0.3) is 0 Å². The zero-order chi connectivity index (χ0) is 13.8. The summed E-state index contributed by atoms with van der Waals surface area (Å²) in [5.74, 6) is 1.31. The van der Waals surface area contributed by atoms with Crippen LogP contribution in [0.5, 0.6) is 11.5 Å². The lowest BCUT2D eigenvalue weighted by Crippen LogP contribution is -2.29. The van der Waals surface area contributed by atoms with Gasteiger partial charge in [-0.2, -0.15) is 0 Å². The minimum atomic E-state index is -0.399. The number of likely N-dealkylation sites (N-methyl/N-ethyl adjacent to an activating group) is 1. The summed E-state index contributed by atoms with van der Waals surface area (Å²) in [5.41, 5.74) is 1.09. The van der Waals surface area contributed by atoms with Crippen LogP contribution in [0.4, 0.5) is 0 Å². The number of carbonyl (C=O) groups is 1. The molecule has 0 aliphatic carbocycles. The number of nitrogens with one attached hydrogen (secondary N) is 1. The molecule has 1 N–H and O–H groups in total. The van der Waals surface area contributed by atoms with Gasteiger partial charge in [0, 0.05) is 26.6 Å². The van der Waals surface area contributed by atoms with Gasteiger partial charge in [0.1, 0.15) is 0 Å². The summed E-state index contributed by atoms with van der Waals surface area (Å²) in [6.45, 7) is 1.49. The highest BCUT2D eigenvalue weighted by Crippen LogP contribution is 2.30. The number of benzene rings is 1. The van der Waals surface area contributed by atoms with Crippen molar-refractivity contribution in [2.24, 2.45) is 0 Å². The van der Waals surface area contributed by atoms with Gasteiger partial charge in [-0.05, 0) is 24.7 Å². The topological polar surface area (TPSA) is 50.8 Å². The van der Waals surface area contributed by atoms with Gasteiger partial charge in [0.05, 0.1) is 7.11 Å². The molecule has 19 heavy (non-hydrogen) atoms. The van der Waals surface area contributed by atoms with Crippen molar-refractivity contribution < 1.29 is 14.3 Å². The molecule has 1 atom stereocenters. The van der Waals surface area contributed by atoms with Crippen molar-refractivity contribution in [1.82, 2.24) is 10.2 Å². The lowest BCUT2D eigenvalue weighted by atomic mass is 10.2. The van der Waals surface area contributed by atoms with E-state index < -0.39 is 6.10 Å². The Bertz CT molecular complexity index is 462. The molecule has 1 amide bonds. The van der Waals surface area contributed by atoms with E-state index in [1.54, 1.807) is 19.1 Å². The third-order valence-corrected chi connectivity index (χ3v) is 3.26. The first-order chi connectivity index (χ1) is 9.15. The Morgan fingerprint density at radius 1 is 1.42 bits per heavy atom. The fourth-order valence-electron chi connectivity index (χ4n) is 2.18.